The van der Waals surface area contributed by atoms with Gasteiger partial charge in [-0.05, 0) is 18.2 Å². The molecule has 2 N–H and O–H groups in total. The number of amides is 1. The van der Waals surface area contributed by atoms with Gasteiger partial charge in [0, 0.05) is 18.1 Å². The van der Waals surface area contributed by atoms with Crippen molar-refractivity contribution >= 4 is 31.9 Å². The monoisotopic (exact) mass is 368 g/mol. The third-order valence-corrected chi connectivity index (χ3v) is 4.16. The first-order chi connectivity index (χ1) is 9.36. The van der Waals surface area contributed by atoms with E-state index in [1.165, 1.54) is 13.2 Å². The number of sulfonamides is 1. The van der Waals surface area contributed by atoms with Crippen LogP contribution in [0.2, 0.25) is 0 Å². The predicted octanol–water partition coefficient (Wildman–Crippen LogP) is 0.629. The summed E-state index contributed by atoms with van der Waals surface area (Å²) in [6, 6.07) is 3.55. The second kappa shape index (κ2) is 7.67. The van der Waals surface area contributed by atoms with Gasteiger partial charge in [0.2, 0.25) is 15.9 Å². The maximum absolute atomic E-state index is 13.6. The standard InChI is InChI=1S/C11H14BrFN2O4S/c1-19-5-4-14-11(16)7-15-20(17,18)10-3-2-8(12)6-9(10)13/h2-3,6,15H,4-5,7H2,1H3,(H,14,16). The van der Waals surface area contributed by atoms with Gasteiger partial charge < -0.3 is 10.1 Å². The van der Waals surface area contributed by atoms with Gasteiger partial charge in [0.15, 0.2) is 0 Å². The lowest BCUT2D eigenvalue weighted by molar-refractivity contribution is -0.120. The molecule has 1 aromatic rings. The molecule has 0 atom stereocenters. The largest absolute Gasteiger partial charge is 0.383 e. The molecule has 0 heterocycles. The first kappa shape index (κ1) is 17.0. The molecule has 0 aliphatic heterocycles. The van der Waals surface area contributed by atoms with E-state index in [4.69, 9.17) is 4.74 Å². The SMILES string of the molecule is COCCNC(=O)CNS(=O)(=O)c1ccc(Br)cc1F. The molecule has 9 heteroatoms. The van der Waals surface area contributed by atoms with Gasteiger partial charge in [-0.15, -0.1) is 0 Å². The Morgan fingerprint density at radius 1 is 1.45 bits per heavy atom. The van der Waals surface area contributed by atoms with E-state index < -0.39 is 33.2 Å². The average molecular weight is 369 g/mol. The molecule has 0 bridgehead atoms. The molecular weight excluding hydrogens is 355 g/mol. The van der Waals surface area contributed by atoms with Crippen molar-refractivity contribution in [2.45, 2.75) is 4.90 Å². The van der Waals surface area contributed by atoms with Crippen molar-refractivity contribution in [3.63, 3.8) is 0 Å². The van der Waals surface area contributed by atoms with Crippen LogP contribution in [0.4, 0.5) is 4.39 Å². The van der Waals surface area contributed by atoms with Crippen molar-refractivity contribution < 1.29 is 22.3 Å². The maximum Gasteiger partial charge on any atom is 0.243 e. The van der Waals surface area contributed by atoms with Gasteiger partial charge in [-0.2, -0.15) is 0 Å². The predicted molar refractivity (Wildman–Crippen MR) is 74.2 cm³/mol. The summed E-state index contributed by atoms with van der Waals surface area (Å²) in [5, 5.41) is 2.44. The Bertz CT molecular complexity index is 580. The smallest absolute Gasteiger partial charge is 0.243 e. The maximum atomic E-state index is 13.6. The highest BCUT2D eigenvalue weighted by atomic mass is 79.9. The molecule has 0 aliphatic carbocycles. The van der Waals surface area contributed by atoms with Crippen LogP contribution in [0.5, 0.6) is 0 Å². The molecule has 0 fully saturated rings. The fourth-order valence-corrected chi connectivity index (χ4v) is 2.66. The molecule has 0 unspecified atom stereocenters. The number of hydrogen-bond donors (Lipinski definition) is 2. The van der Waals surface area contributed by atoms with Gasteiger partial charge >= 0.3 is 0 Å². The minimum atomic E-state index is -4.07. The molecule has 20 heavy (non-hydrogen) atoms. The van der Waals surface area contributed by atoms with Crippen molar-refractivity contribution in [1.29, 1.82) is 0 Å². The number of ether oxygens (including phenoxy) is 1. The lowest BCUT2D eigenvalue weighted by Gasteiger charge is -2.08. The summed E-state index contributed by atoms with van der Waals surface area (Å²) in [7, 11) is -2.59. The molecule has 112 valence electrons. The normalized spacial score (nSPS) is 11.3. The summed E-state index contributed by atoms with van der Waals surface area (Å²) < 4.78 is 44.4. The van der Waals surface area contributed by atoms with Crippen LogP contribution in [0.3, 0.4) is 0 Å². The zero-order valence-electron chi connectivity index (χ0n) is 10.7. The number of rotatable bonds is 7. The highest BCUT2D eigenvalue weighted by Gasteiger charge is 2.19. The van der Waals surface area contributed by atoms with E-state index in [-0.39, 0.29) is 6.54 Å². The summed E-state index contributed by atoms with van der Waals surface area (Å²) >= 11 is 3.03. The molecular formula is C11H14BrFN2O4S. The number of halogens is 2. The van der Waals surface area contributed by atoms with Crippen molar-refractivity contribution in [3.05, 3.63) is 28.5 Å². The average Bonchev–Trinajstić information content (AvgIpc) is 2.36. The van der Waals surface area contributed by atoms with Gasteiger partial charge in [-0.25, -0.2) is 17.5 Å². The highest BCUT2D eigenvalue weighted by molar-refractivity contribution is 9.10. The second-order valence-corrected chi connectivity index (χ2v) is 6.39. The molecule has 0 saturated carbocycles. The minimum Gasteiger partial charge on any atom is -0.383 e. The lowest BCUT2D eigenvalue weighted by atomic mass is 10.3. The van der Waals surface area contributed by atoms with E-state index in [0.29, 0.717) is 11.1 Å². The molecule has 0 aromatic heterocycles. The zero-order valence-corrected chi connectivity index (χ0v) is 13.1. The molecule has 6 nitrogen and oxygen atoms in total. The molecule has 0 saturated heterocycles. The van der Waals surface area contributed by atoms with Crippen LogP contribution in [0, 0.1) is 5.82 Å². The molecule has 0 aliphatic rings. The summed E-state index contributed by atoms with van der Waals surface area (Å²) in [5.41, 5.74) is 0. The number of benzene rings is 1. The van der Waals surface area contributed by atoms with Crippen LogP contribution < -0.4 is 10.0 Å². The summed E-state index contributed by atoms with van der Waals surface area (Å²) in [5.74, 6) is -1.42. The van der Waals surface area contributed by atoms with Gasteiger partial charge in [0.1, 0.15) is 10.7 Å². The summed E-state index contributed by atoms with van der Waals surface area (Å²) in [4.78, 5) is 10.8. The van der Waals surface area contributed by atoms with Gasteiger partial charge in [0.25, 0.3) is 0 Å². The van der Waals surface area contributed by atoms with Crippen LogP contribution in [-0.4, -0.2) is 41.1 Å². The van der Waals surface area contributed by atoms with Crippen LogP contribution in [0.15, 0.2) is 27.6 Å². The Hall–Kier alpha value is -1.03. The third-order valence-electron chi connectivity index (χ3n) is 2.23. The summed E-state index contributed by atoms with van der Waals surface area (Å²) in [6.45, 7) is 0.116. The molecule has 1 amide bonds. The topological polar surface area (TPSA) is 84.5 Å². The van der Waals surface area contributed by atoms with E-state index in [1.54, 1.807) is 0 Å². The summed E-state index contributed by atoms with van der Waals surface area (Å²) in [6.07, 6.45) is 0. The van der Waals surface area contributed by atoms with Crippen molar-refractivity contribution in [1.82, 2.24) is 10.0 Å². The van der Waals surface area contributed by atoms with Crippen molar-refractivity contribution in [3.8, 4) is 0 Å². The quantitative estimate of drug-likeness (QED) is 0.691. The van der Waals surface area contributed by atoms with Crippen LogP contribution in [-0.2, 0) is 19.6 Å². The van der Waals surface area contributed by atoms with Crippen molar-refractivity contribution in [2.75, 3.05) is 26.8 Å². The molecule has 1 rings (SSSR count). The fourth-order valence-electron chi connectivity index (χ4n) is 1.29. The van der Waals surface area contributed by atoms with Crippen LogP contribution in [0.25, 0.3) is 0 Å². The molecule has 0 spiro atoms. The second-order valence-electron chi connectivity index (χ2n) is 3.74. The first-order valence-electron chi connectivity index (χ1n) is 5.57. The Labute approximate surface area is 124 Å². The number of nitrogens with one attached hydrogen (secondary N) is 2. The third kappa shape index (κ3) is 5.16. The van der Waals surface area contributed by atoms with E-state index in [1.807, 2.05) is 4.72 Å². The lowest BCUT2D eigenvalue weighted by Crippen LogP contribution is -2.38. The Morgan fingerprint density at radius 2 is 2.15 bits per heavy atom. The van der Waals surface area contributed by atoms with E-state index in [9.17, 15) is 17.6 Å². The van der Waals surface area contributed by atoms with E-state index in [2.05, 4.69) is 21.2 Å². The van der Waals surface area contributed by atoms with E-state index >= 15 is 0 Å². The highest BCUT2D eigenvalue weighted by Crippen LogP contribution is 2.18. The molecule has 1 aromatic carbocycles. The first-order valence-corrected chi connectivity index (χ1v) is 7.85. The Balaban J connectivity index is 2.64. The van der Waals surface area contributed by atoms with Crippen molar-refractivity contribution in [2.24, 2.45) is 0 Å². The van der Waals surface area contributed by atoms with Gasteiger partial charge in [-0.1, -0.05) is 15.9 Å². The number of carbonyl (C=O) groups is 1. The van der Waals surface area contributed by atoms with E-state index in [0.717, 1.165) is 12.1 Å². The van der Waals surface area contributed by atoms with Gasteiger partial charge in [-0.3, -0.25) is 4.79 Å². The Kier molecular flexibility index (Phi) is 6.53. The van der Waals surface area contributed by atoms with Gasteiger partial charge in [0.05, 0.1) is 13.2 Å². The fraction of sp³-hybridized carbons (Fsp3) is 0.364. The Morgan fingerprint density at radius 3 is 2.75 bits per heavy atom. The number of carbonyl (C=O) groups excluding carboxylic acids is 1. The molecule has 0 radical (unpaired) electrons. The number of methoxy groups -OCH3 is 1. The number of hydrogen-bond acceptors (Lipinski definition) is 4. The van der Waals surface area contributed by atoms with Crippen LogP contribution in [0.1, 0.15) is 0 Å². The van der Waals surface area contributed by atoms with Crippen LogP contribution >= 0.6 is 15.9 Å². The zero-order chi connectivity index (χ0) is 15.2. The minimum absolute atomic E-state index is 0.268.